The molecule has 5 nitrogen and oxygen atoms in total. The third-order valence-electron chi connectivity index (χ3n) is 6.25. The van der Waals surface area contributed by atoms with E-state index in [2.05, 4.69) is 64.8 Å². The average molecular weight is 404 g/mol. The third-order valence-corrected chi connectivity index (χ3v) is 6.25. The van der Waals surface area contributed by atoms with Crippen LogP contribution in [0.2, 0.25) is 0 Å². The first-order valence-electron chi connectivity index (χ1n) is 10.4. The second kappa shape index (κ2) is 9.29. The van der Waals surface area contributed by atoms with Crippen LogP contribution in [0.4, 0.5) is 5.69 Å². The van der Waals surface area contributed by atoms with Crippen LogP contribution in [-0.4, -0.2) is 52.8 Å². The molecule has 154 valence electrons. The summed E-state index contributed by atoms with van der Waals surface area (Å²) in [4.78, 5) is 5.16. The number of hydrogen-bond donors (Lipinski definition) is 1. The molecule has 0 bridgehead atoms. The van der Waals surface area contributed by atoms with Crippen LogP contribution in [0.25, 0.3) is 0 Å². The van der Waals surface area contributed by atoms with Crippen LogP contribution in [0.1, 0.15) is 42.5 Å². The van der Waals surface area contributed by atoms with Gasteiger partial charge in [0.15, 0.2) is 0 Å². The average Bonchev–Trinajstić information content (AvgIpc) is 3.31. The Balaban J connectivity index is 0.00000225. The maximum atomic E-state index is 4.45. The number of aromatic nitrogens is 2. The lowest BCUT2D eigenvalue weighted by Crippen LogP contribution is -2.42. The maximum Gasteiger partial charge on any atom is 0.0537 e. The second-order valence-corrected chi connectivity index (χ2v) is 8.25. The number of hydrogen-bond acceptors (Lipinski definition) is 4. The number of fused-ring (bicyclic) bond motifs is 1. The number of piperidine rings is 1. The number of para-hydroxylation sites is 1. The Hall–Kier alpha value is -1.56. The number of benzene rings is 1. The minimum absolute atomic E-state index is 0. The molecule has 2 aromatic rings. The van der Waals surface area contributed by atoms with Crippen molar-refractivity contribution in [1.82, 2.24) is 19.6 Å². The van der Waals surface area contributed by atoms with Crippen molar-refractivity contribution >= 4 is 18.1 Å². The second-order valence-electron chi connectivity index (χ2n) is 8.25. The van der Waals surface area contributed by atoms with Gasteiger partial charge >= 0.3 is 0 Å². The van der Waals surface area contributed by atoms with Gasteiger partial charge in [-0.1, -0.05) is 25.1 Å². The zero-order chi connectivity index (χ0) is 18.8. The molecule has 1 saturated heterocycles. The van der Waals surface area contributed by atoms with E-state index in [0.29, 0.717) is 12.0 Å². The van der Waals surface area contributed by atoms with Crippen molar-refractivity contribution in [2.24, 2.45) is 13.0 Å². The van der Waals surface area contributed by atoms with Crippen LogP contribution in [0.3, 0.4) is 0 Å². The first kappa shape index (κ1) is 21.2. The Morgan fingerprint density at radius 3 is 2.93 bits per heavy atom. The van der Waals surface area contributed by atoms with Crippen LogP contribution < -0.4 is 5.32 Å². The molecule has 28 heavy (non-hydrogen) atoms. The van der Waals surface area contributed by atoms with Crippen molar-refractivity contribution in [2.45, 2.75) is 38.8 Å². The summed E-state index contributed by atoms with van der Waals surface area (Å²) in [7, 11) is 4.30. The van der Waals surface area contributed by atoms with Gasteiger partial charge in [-0.05, 0) is 56.4 Å². The highest BCUT2D eigenvalue weighted by Crippen LogP contribution is 2.36. The Kier molecular flexibility index (Phi) is 7.02. The van der Waals surface area contributed by atoms with Gasteiger partial charge in [0, 0.05) is 50.2 Å². The molecule has 0 amide bonds. The SMILES string of the molecule is CCN1CCC[C@@H](CN(C)Cc2cccc3c2NCC3)[C@@H]1c1cnn(C)c1.Cl. The Morgan fingerprint density at radius 1 is 1.32 bits per heavy atom. The van der Waals surface area contributed by atoms with E-state index >= 15 is 0 Å². The van der Waals surface area contributed by atoms with E-state index in [1.165, 1.54) is 41.8 Å². The number of nitrogens with zero attached hydrogens (tertiary/aromatic N) is 4. The fourth-order valence-electron chi connectivity index (χ4n) is 5.07. The summed E-state index contributed by atoms with van der Waals surface area (Å²) in [5, 5.41) is 8.03. The lowest BCUT2D eigenvalue weighted by atomic mass is 9.85. The maximum absolute atomic E-state index is 4.45. The Morgan fingerprint density at radius 2 is 2.18 bits per heavy atom. The Bertz CT molecular complexity index is 774. The largest absolute Gasteiger partial charge is 0.384 e. The molecule has 1 N–H and O–H groups in total. The van der Waals surface area contributed by atoms with Crippen molar-refractivity contribution < 1.29 is 0 Å². The number of halogens is 1. The third kappa shape index (κ3) is 4.37. The van der Waals surface area contributed by atoms with E-state index in [0.717, 1.165) is 32.6 Å². The van der Waals surface area contributed by atoms with Gasteiger partial charge in [-0.2, -0.15) is 5.10 Å². The molecule has 1 fully saturated rings. The highest BCUT2D eigenvalue weighted by atomic mass is 35.5. The monoisotopic (exact) mass is 403 g/mol. The highest BCUT2D eigenvalue weighted by molar-refractivity contribution is 5.85. The topological polar surface area (TPSA) is 36.3 Å². The van der Waals surface area contributed by atoms with E-state index in [4.69, 9.17) is 0 Å². The predicted octanol–water partition coefficient (Wildman–Crippen LogP) is 3.71. The number of nitrogens with one attached hydrogen (secondary N) is 1. The number of anilines is 1. The molecule has 1 aromatic carbocycles. The van der Waals surface area contributed by atoms with Gasteiger partial charge in [0.2, 0.25) is 0 Å². The zero-order valence-corrected chi connectivity index (χ0v) is 18.2. The first-order valence-corrected chi connectivity index (χ1v) is 10.4. The minimum Gasteiger partial charge on any atom is -0.384 e. The molecule has 0 unspecified atom stereocenters. The minimum atomic E-state index is 0. The fourth-order valence-corrected chi connectivity index (χ4v) is 5.07. The molecule has 3 heterocycles. The molecule has 0 spiro atoms. The quantitative estimate of drug-likeness (QED) is 0.797. The van der Waals surface area contributed by atoms with Crippen molar-refractivity contribution in [3.63, 3.8) is 0 Å². The molecule has 2 aliphatic heterocycles. The normalized spacial score (nSPS) is 22.0. The molecular weight excluding hydrogens is 370 g/mol. The smallest absolute Gasteiger partial charge is 0.0537 e. The summed E-state index contributed by atoms with van der Waals surface area (Å²) >= 11 is 0. The molecule has 0 saturated carbocycles. The number of likely N-dealkylation sites (tertiary alicyclic amines) is 1. The van der Waals surface area contributed by atoms with Crippen LogP contribution in [0, 0.1) is 5.92 Å². The van der Waals surface area contributed by atoms with Gasteiger partial charge in [0.25, 0.3) is 0 Å². The van der Waals surface area contributed by atoms with Gasteiger partial charge in [0.1, 0.15) is 0 Å². The molecule has 2 aliphatic rings. The molecular formula is C22H34ClN5. The molecule has 0 radical (unpaired) electrons. The summed E-state index contributed by atoms with van der Waals surface area (Å²) in [6.45, 7) is 7.81. The lowest BCUT2D eigenvalue weighted by molar-refractivity contribution is 0.0749. The van der Waals surface area contributed by atoms with Gasteiger partial charge < -0.3 is 10.2 Å². The van der Waals surface area contributed by atoms with Gasteiger partial charge in [0.05, 0.1) is 6.20 Å². The summed E-state index contributed by atoms with van der Waals surface area (Å²) in [5.41, 5.74) is 5.67. The van der Waals surface area contributed by atoms with Gasteiger partial charge in [-0.15, -0.1) is 12.4 Å². The van der Waals surface area contributed by atoms with E-state index in [9.17, 15) is 0 Å². The van der Waals surface area contributed by atoms with Crippen molar-refractivity contribution in [3.8, 4) is 0 Å². The molecule has 0 aliphatic carbocycles. The molecule has 4 rings (SSSR count). The number of aryl methyl sites for hydroxylation is 1. The van der Waals surface area contributed by atoms with Crippen molar-refractivity contribution in [2.75, 3.05) is 38.5 Å². The first-order chi connectivity index (χ1) is 13.2. The fraction of sp³-hybridized carbons (Fsp3) is 0.591. The van der Waals surface area contributed by atoms with Crippen molar-refractivity contribution in [1.29, 1.82) is 0 Å². The summed E-state index contributed by atoms with van der Waals surface area (Å²) in [6.07, 6.45) is 8.03. The standard InChI is InChI=1S/C22H33N5.ClH/c1-4-27-12-6-9-19(22(27)20-13-24-26(3)16-20)15-25(2)14-18-8-5-7-17-10-11-23-21(17)18;/h5,7-8,13,16,19,22-23H,4,6,9-12,14-15H2,1-3H3;1H/t19-,22+;/m0./s1. The van der Waals surface area contributed by atoms with Crippen LogP contribution >= 0.6 is 12.4 Å². The Labute approximate surface area is 175 Å². The summed E-state index contributed by atoms with van der Waals surface area (Å²) < 4.78 is 1.94. The highest BCUT2D eigenvalue weighted by Gasteiger charge is 2.33. The van der Waals surface area contributed by atoms with Crippen LogP contribution in [-0.2, 0) is 20.0 Å². The molecule has 2 atom stereocenters. The van der Waals surface area contributed by atoms with Gasteiger partial charge in [-0.25, -0.2) is 0 Å². The van der Waals surface area contributed by atoms with E-state index in [1.54, 1.807) is 0 Å². The molecule has 6 heteroatoms. The summed E-state index contributed by atoms with van der Waals surface area (Å²) in [5.74, 6) is 0.651. The van der Waals surface area contributed by atoms with E-state index in [1.807, 2.05) is 11.7 Å². The number of rotatable bonds is 6. The van der Waals surface area contributed by atoms with Crippen LogP contribution in [0.15, 0.2) is 30.6 Å². The summed E-state index contributed by atoms with van der Waals surface area (Å²) in [6, 6.07) is 7.25. The van der Waals surface area contributed by atoms with Crippen LogP contribution in [0.5, 0.6) is 0 Å². The van der Waals surface area contributed by atoms with Gasteiger partial charge in [-0.3, -0.25) is 9.58 Å². The predicted molar refractivity (Wildman–Crippen MR) is 118 cm³/mol. The van der Waals surface area contributed by atoms with E-state index in [-0.39, 0.29) is 12.4 Å². The van der Waals surface area contributed by atoms with E-state index < -0.39 is 0 Å². The molecule has 1 aromatic heterocycles. The zero-order valence-electron chi connectivity index (χ0n) is 17.4. The van der Waals surface area contributed by atoms with Crippen molar-refractivity contribution in [3.05, 3.63) is 47.3 Å². The lowest BCUT2D eigenvalue weighted by Gasteiger charge is -2.42.